The quantitative estimate of drug-likeness (QED) is 0.160. The molecule has 3 heterocycles. The van der Waals surface area contributed by atoms with Crippen molar-refractivity contribution >= 4 is 43.5 Å². The number of benzene rings is 8. The standard InChI is InChI=1S/C53H34N4/c1-4-16-35(17-5-1)45-33-47(36-18-6-2-7-19-36)54-46-31-30-40-41(26-15-27-44(40)52(45)46)49-34-48(55-53(56-49)37-20-8-3-9-21-37)38-22-14-23-39(32-38)57-50-28-12-10-24-42(50)43-25-11-13-29-51(43)57/h1-34H. The number of para-hydroxylation sites is 2. The van der Waals surface area contributed by atoms with Crippen molar-refractivity contribution in [3.8, 4) is 62.0 Å². The van der Waals surface area contributed by atoms with E-state index in [1.54, 1.807) is 0 Å². The van der Waals surface area contributed by atoms with E-state index in [0.29, 0.717) is 5.82 Å². The van der Waals surface area contributed by atoms with E-state index in [-0.39, 0.29) is 0 Å². The predicted molar refractivity (Wildman–Crippen MR) is 236 cm³/mol. The van der Waals surface area contributed by atoms with E-state index in [2.05, 4.69) is 187 Å². The van der Waals surface area contributed by atoms with E-state index in [0.717, 1.165) is 77.8 Å². The maximum absolute atomic E-state index is 5.29. The average Bonchev–Trinajstić information content (AvgIpc) is 3.63. The highest BCUT2D eigenvalue weighted by Gasteiger charge is 2.18. The van der Waals surface area contributed by atoms with Crippen LogP contribution < -0.4 is 0 Å². The van der Waals surface area contributed by atoms with E-state index in [1.807, 2.05) is 24.3 Å². The smallest absolute Gasteiger partial charge is 0.160 e. The van der Waals surface area contributed by atoms with Crippen LogP contribution in [0, 0.1) is 0 Å². The monoisotopic (exact) mass is 726 g/mol. The maximum atomic E-state index is 5.29. The van der Waals surface area contributed by atoms with Crippen molar-refractivity contribution in [2.45, 2.75) is 0 Å². The number of hydrogen-bond donors (Lipinski definition) is 0. The van der Waals surface area contributed by atoms with Gasteiger partial charge in [0.05, 0.1) is 33.6 Å². The van der Waals surface area contributed by atoms with Crippen molar-refractivity contribution in [3.05, 3.63) is 206 Å². The molecule has 0 atom stereocenters. The van der Waals surface area contributed by atoms with E-state index in [4.69, 9.17) is 15.0 Å². The van der Waals surface area contributed by atoms with Gasteiger partial charge in [0.2, 0.25) is 0 Å². The molecule has 0 aliphatic rings. The molecule has 0 radical (unpaired) electrons. The van der Waals surface area contributed by atoms with Crippen LogP contribution in [0.25, 0.3) is 105 Å². The average molecular weight is 727 g/mol. The van der Waals surface area contributed by atoms with Crippen molar-refractivity contribution in [2.75, 3.05) is 0 Å². The van der Waals surface area contributed by atoms with Crippen molar-refractivity contribution < 1.29 is 0 Å². The van der Waals surface area contributed by atoms with Gasteiger partial charge in [-0.25, -0.2) is 15.0 Å². The summed E-state index contributed by atoms with van der Waals surface area (Å²) in [5.41, 5.74) is 13.5. The van der Waals surface area contributed by atoms with Crippen LogP contribution in [0.5, 0.6) is 0 Å². The molecule has 57 heavy (non-hydrogen) atoms. The molecule has 3 aromatic heterocycles. The van der Waals surface area contributed by atoms with Crippen LogP contribution in [0.2, 0.25) is 0 Å². The summed E-state index contributed by atoms with van der Waals surface area (Å²) in [5, 5.41) is 5.83. The normalized spacial score (nSPS) is 11.5. The molecule has 0 bridgehead atoms. The van der Waals surface area contributed by atoms with Crippen LogP contribution in [0.15, 0.2) is 206 Å². The molecule has 4 nitrogen and oxygen atoms in total. The Balaban J connectivity index is 1.12. The Morgan fingerprint density at radius 1 is 0.316 bits per heavy atom. The van der Waals surface area contributed by atoms with Crippen molar-refractivity contribution in [2.24, 2.45) is 0 Å². The molecule has 11 rings (SSSR count). The van der Waals surface area contributed by atoms with Crippen molar-refractivity contribution in [1.82, 2.24) is 19.5 Å². The summed E-state index contributed by atoms with van der Waals surface area (Å²) >= 11 is 0. The second-order valence-electron chi connectivity index (χ2n) is 14.4. The molecule has 0 saturated carbocycles. The number of rotatable bonds is 6. The molecule has 0 aliphatic heterocycles. The molecule has 266 valence electrons. The minimum Gasteiger partial charge on any atom is -0.309 e. The summed E-state index contributed by atoms with van der Waals surface area (Å²) in [5.74, 6) is 0.683. The minimum atomic E-state index is 0.683. The first-order valence-electron chi connectivity index (χ1n) is 19.3. The summed E-state index contributed by atoms with van der Waals surface area (Å²) in [4.78, 5) is 15.8. The van der Waals surface area contributed by atoms with Crippen LogP contribution in [0.3, 0.4) is 0 Å². The highest BCUT2D eigenvalue weighted by Crippen LogP contribution is 2.40. The highest BCUT2D eigenvalue weighted by atomic mass is 15.0. The SMILES string of the molecule is c1ccc(-c2cc(-c3ccccc3)c3c(ccc4c(-c5cc(-c6cccc(-n7c8ccccc8c8ccccc87)c6)nc(-c6ccccc6)n5)cccc43)n2)cc1. The van der Waals surface area contributed by atoms with Crippen LogP contribution >= 0.6 is 0 Å². The fourth-order valence-corrected chi connectivity index (χ4v) is 8.37. The fraction of sp³-hybridized carbons (Fsp3) is 0. The number of fused-ring (bicyclic) bond motifs is 6. The summed E-state index contributed by atoms with van der Waals surface area (Å²) in [7, 11) is 0. The zero-order valence-electron chi connectivity index (χ0n) is 30.9. The molecule has 0 fully saturated rings. The molecule has 0 saturated heterocycles. The van der Waals surface area contributed by atoms with E-state index in [9.17, 15) is 0 Å². The van der Waals surface area contributed by atoms with E-state index in [1.165, 1.54) is 21.8 Å². The summed E-state index contributed by atoms with van der Waals surface area (Å²) in [6, 6.07) is 72.6. The van der Waals surface area contributed by atoms with Crippen LogP contribution in [0.4, 0.5) is 0 Å². The van der Waals surface area contributed by atoms with Gasteiger partial charge in [0, 0.05) is 44.1 Å². The summed E-state index contributed by atoms with van der Waals surface area (Å²) < 4.78 is 2.35. The molecule has 11 aromatic rings. The Kier molecular flexibility index (Phi) is 7.78. The number of pyridine rings is 1. The molecule has 0 N–H and O–H groups in total. The number of aromatic nitrogens is 4. The lowest BCUT2D eigenvalue weighted by Crippen LogP contribution is -1.98. The van der Waals surface area contributed by atoms with Gasteiger partial charge in [0.1, 0.15) is 0 Å². The van der Waals surface area contributed by atoms with Crippen molar-refractivity contribution in [3.63, 3.8) is 0 Å². The lowest BCUT2D eigenvalue weighted by atomic mass is 9.92. The van der Waals surface area contributed by atoms with Crippen LogP contribution in [0.1, 0.15) is 0 Å². The lowest BCUT2D eigenvalue weighted by Gasteiger charge is -2.16. The third-order valence-electron chi connectivity index (χ3n) is 11.0. The number of hydrogen-bond acceptors (Lipinski definition) is 3. The zero-order chi connectivity index (χ0) is 37.7. The molecule has 0 amide bonds. The first kappa shape index (κ1) is 32.7. The topological polar surface area (TPSA) is 43.6 Å². The van der Waals surface area contributed by atoms with Gasteiger partial charge in [-0.3, -0.25) is 0 Å². The Labute approximate surface area is 330 Å². The maximum Gasteiger partial charge on any atom is 0.160 e. The first-order valence-corrected chi connectivity index (χ1v) is 19.3. The molecular weight excluding hydrogens is 693 g/mol. The van der Waals surface area contributed by atoms with Gasteiger partial charge in [-0.2, -0.15) is 0 Å². The highest BCUT2D eigenvalue weighted by molar-refractivity contribution is 6.17. The van der Waals surface area contributed by atoms with Crippen LogP contribution in [-0.4, -0.2) is 19.5 Å². The van der Waals surface area contributed by atoms with Gasteiger partial charge in [0.15, 0.2) is 5.82 Å². The Hall–Kier alpha value is -7.69. The Morgan fingerprint density at radius 3 is 1.60 bits per heavy atom. The van der Waals surface area contributed by atoms with Gasteiger partial charge in [-0.15, -0.1) is 0 Å². The Bertz CT molecular complexity index is 3230. The van der Waals surface area contributed by atoms with Crippen molar-refractivity contribution in [1.29, 1.82) is 0 Å². The van der Waals surface area contributed by atoms with E-state index >= 15 is 0 Å². The molecule has 0 aliphatic carbocycles. The zero-order valence-corrected chi connectivity index (χ0v) is 30.9. The second kappa shape index (κ2) is 13.6. The summed E-state index contributed by atoms with van der Waals surface area (Å²) in [6.07, 6.45) is 0. The third-order valence-corrected chi connectivity index (χ3v) is 11.0. The molecular formula is C53H34N4. The van der Waals surface area contributed by atoms with Gasteiger partial charge in [-0.1, -0.05) is 164 Å². The largest absolute Gasteiger partial charge is 0.309 e. The van der Waals surface area contributed by atoms with Crippen LogP contribution in [-0.2, 0) is 0 Å². The third kappa shape index (κ3) is 5.66. The molecule has 0 unspecified atom stereocenters. The second-order valence-corrected chi connectivity index (χ2v) is 14.4. The van der Waals surface area contributed by atoms with E-state index < -0.39 is 0 Å². The first-order chi connectivity index (χ1) is 28.3. The predicted octanol–water partition coefficient (Wildman–Crippen LogP) is 13.6. The molecule has 4 heteroatoms. The minimum absolute atomic E-state index is 0.683. The molecule has 8 aromatic carbocycles. The van der Waals surface area contributed by atoms with Gasteiger partial charge in [0.25, 0.3) is 0 Å². The van der Waals surface area contributed by atoms with Gasteiger partial charge >= 0.3 is 0 Å². The fourth-order valence-electron chi connectivity index (χ4n) is 8.37. The van der Waals surface area contributed by atoms with Gasteiger partial charge in [-0.05, 0) is 64.4 Å². The summed E-state index contributed by atoms with van der Waals surface area (Å²) in [6.45, 7) is 0. The Morgan fingerprint density at radius 2 is 0.877 bits per heavy atom. The number of nitrogens with zero attached hydrogens (tertiary/aromatic N) is 4. The van der Waals surface area contributed by atoms with Gasteiger partial charge < -0.3 is 4.57 Å². The molecule has 0 spiro atoms. The lowest BCUT2D eigenvalue weighted by molar-refractivity contribution is 1.16.